The van der Waals surface area contributed by atoms with Crippen molar-refractivity contribution >= 4 is 28.3 Å². The van der Waals surface area contributed by atoms with E-state index < -0.39 is 28.1 Å². The molecule has 2 aromatic carbocycles. The van der Waals surface area contributed by atoms with Gasteiger partial charge in [-0.3, -0.25) is 0 Å². The topological polar surface area (TPSA) is 62.6 Å². The molecule has 1 aliphatic rings. The van der Waals surface area contributed by atoms with E-state index in [2.05, 4.69) is 26.2 Å². The molecule has 165 valence electrons. The fourth-order valence-electron chi connectivity index (χ4n) is 4.21. The summed E-state index contributed by atoms with van der Waals surface area (Å²) in [6.07, 6.45) is -0.235. The van der Waals surface area contributed by atoms with Gasteiger partial charge in [-0.2, -0.15) is 28.2 Å². The highest BCUT2D eigenvalue weighted by Gasteiger charge is 2.42. The number of alkyl halides is 3. The minimum absolute atomic E-state index is 0.150. The predicted octanol–water partition coefficient (Wildman–Crippen LogP) is 5.27. The van der Waals surface area contributed by atoms with Crippen LogP contribution in [0.25, 0.3) is 16.7 Å². The Hall–Kier alpha value is -3.14. The zero-order valence-corrected chi connectivity index (χ0v) is 17.5. The van der Waals surface area contributed by atoms with Gasteiger partial charge in [-0.15, -0.1) is 0 Å². The van der Waals surface area contributed by atoms with Crippen molar-refractivity contribution in [2.75, 3.05) is 11.4 Å². The second-order valence-electron chi connectivity index (χ2n) is 7.82. The van der Waals surface area contributed by atoms with E-state index >= 15 is 4.39 Å². The van der Waals surface area contributed by atoms with Crippen LogP contribution < -0.4 is 4.90 Å². The Morgan fingerprint density at radius 2 is 1.94 bits per heavy atom. The Balaban J connectivity index is 1.55. The number of imidazole rings is 1. The van der Waals surface area contributed by atoms with Crippen LogP contribution in [-0.2, 0) is 11.7 Å². The fourth-order valence-corrected chi connectivity index (χ4v) is 4.48. The summed E-state index contributed by atoms with van der Waals surface area (Å²) >= 11 is 5.85. The van der Waals surface area contributed by atoms with Crippen molar-refractivity contribution in [1.82, 2.24) is 25.0 Å². The largest absolute Gasteiger partial charge is 0.417 e. The van der Waals surface area contributed by atoms with Gasteiger partial charge in [0.2, 0.25) is 0 Å². The molecule has 0 spiro atoms. The molecule has 6 nitrogen and oxygen atoms in total. The summed E-state index contributed by atoms with van der Waals surface area (Å²) in [5.41, 5.74) is -0.494. The maximum atomic E-state index is 15.1. The number of fused-ring (bicyclic) bond motifs is 1. The van der Waals surface area contributed by atoms with Crippen LogP contribution in [0, 0.1) is 11.9 Å². The van der Waals surface area contributed by atoms with Gasteiger partial charge in [0, 0.05) is 6.54 Å². The second-order valence-corrected chi connectivity index (χ2v) is 8.23. The Labute approximate surface area is 184 Å². The van der Waals surface area contributed by atoms with E-state index in [1.165, 1.54) is 23.3 Å². The summed E-state index contributed by atoms with van der Waals surface area (Å²) in [6, 6.07) is 8.09. The number of nitrogens with one attached hydrogen (secondary N) is 1. The van der Waals surface area contributed by atoms with Gasteiger partial charge in [0.25, 0.3) is 0 Å². The van der Waals surface area contributed by atoms with Crippen LogP contribution in [-0.4, -0.2) is 31.5 Å². The molecule has 0 aliphatic carbocycles. The van der Waals surface area contributed by atoms with Crippen molar-refractivity contribution in [2.45, 2.75) is 31.5 Å². The number of H-pyrrole nitrogens is 1. The number of anilines is 1. The van der Waals surface area contributed by atoms with Crippen LogP contribution in [0.2, 0.25) is 5.02 Å². The van der Waals surface area contributed by atoms with E-state index in [0.29, 0.717) is 35.7 Å². The van der Waals surface area contributed by atoms with Crippen molar-refractivity contribution in [3.05, 3.63) is 65.0 Å². The van der Waals surface area contributed by atoms with Gasteiger partial charge in [-0.1, -0.05) is 11.6 Å². The number of hydrogen-bond donors (Lipinski definition) is 1. The molecule has 11 heteroatoms. The van der Waals surface area contributed by atoms with Gasteiger partial charge in [0.1, 0.15) is 5.82 Å². The van der Waals surface area contributed by atoms with Crippen LogP contribution in [0.3, 0.4) is 0 Å². The first-order valence-corrected chi connectivity index (χ1v) is 10.2. The molecule has 0 amide bonds. The quantitative estimate of drug-likeness (QED) is 0.420. The molecular weight excluding hydrogens is 448 g/mol. The Bertz CT molecular complexity index is 1300. The lowest BCUT2D eigenvalue weighted by Crippen LogP contribution is -2.40. The average Bonchev–Trinajstić information content (AvgIpc) is 3.46. The smallest absolute Gasteiger partial charge is 0.357 e. The minimum atomic E-state index is -4.59. The molecule has 3 heterocycles. The average molecular weight is 464 g/mol. The number of benzene rings is 2. The fraction of sp³-hybridized carbons (Fsp3) is 0.286. The molecule has 32 heavy (non-hydrogen) atoms. The maximum absolute atomic E-state index is 15.1. The zero-order chi connectivity index (χ0) is 22.7. The van der Waals surface area contributed by atoms with Crippen LogP contribution >= 0.6 is 11.6 Å². The normalized spacial score (nSPS) is 19.2. The maximum Gasteiger partial charge on any atom is 0.417 e. The SMILES string of the molecule is C[C@@]1(c2nc3cc(C(F)(F)F)c(Cl)cc3[nH]2)CCCN1c1ccc(-n2nccn2)[c]c1F. The third-order valence-electron chi connectivity index (χ3n) is 5.81. The van der Waals surface area contributed by atoms with Gasteiger partial charge < -0.3 is 9.88 Å². The highest BCUT2D eigenvalue weighted by Crippen LogP contribution is 2.43. The highest BCUT2D eigenvalue weighted by atomic mass is 35.5. The first-order valence-electron chi connectivity index (χ1n) is 9.80. The predicted molar refractivity (Wildman–Crippen MR) is 110 cm³/mol. The molecular formula is C21H16ClF4N6. The molecule has 0 bridgehead atoms. The lowest BCUT2D eigenvalue weighted by molar-refractivity contribution is -0.137. The van der Waals surface area contributed by atoms with Crippen molar-refractivity contribution in [2.24, 2.45) is 0 Å². The number of aromatic nitrogens is 5. The van der Waals surface area contributed by atoms with Gasteiger partial charge in [0.05, 0.1) is 57.0 Å². The molecule has 1 radical (unpaired) electrons. The molecule has 2 aromatic heterocycles. The number of nitrogens with zero attached hydrogens (tertiary/aromatic N) is 5. The summed E-state index contributed by atoms with van der Waals surface area (Å²) in [7, 11) is 0. The Kier molecular flexibility index (Phi) is 4.66. The van der Waals surface area contributed by atoms with Crippen molar-refractivity contribution in [3.63, 3.8) is 0 Å². The van der Waals surface area contributed by atoms with Gasteiger partial charge in [0.15, 0.2) is 5.82 Å². The van der Waals surface area contributed by atoms with E-state index in [1.54, 1.807) is 12.1 Å². The molecule has 1 saturated heterocycles. The van der Waals surface area contributed by atoms with Gasteiger partial charge in [-0.05, 0) is 44.0 Å². The summed E-state index contributed by atoms with van der Waals surface area (Å²) in [5, 5.41) is 7.54. The molecule has 1 fully saturated rings. The molecule has 0 unspecified atom stereocenters. The zero-order valence-electron chi connectivity index (χ0n) is 16.7. The molecule has 1 aliphatic heterocycles. The second kappa shape index (κ2) is 7.19. The molecule has 4 aromatic rings. The van der Waals surface area contributed by atoms with Crippen LogP contribution in [0.15, 0.2) is 36.7 Å². The van der Waals surface area contributed by atoms with Gasteiger partial charge >= 0.3 is 6.18 Å². The summed E-state index contributed by atoms with van der Waals surface area (Å²) in [4.78, 5) is 10.6. The summed E-state index contributed by atoms with van der Waals surface area (Å²) < 4.78 is 54.8. The lowest BCUT2D eigenvalue weighted by Gasteiger charge is -2.35. The van der Waals surface area contributed by atoms with Crippen molar-refractivity contribution in [1.29, 1.82) is 0 Å². The lowest BCUT2D eigenvalue weighted by atomic mass is 9.97. The van der Waals surface area contributed by atoms with E-state index in [1.807, 2.05) is 11.8 Å². The third-order valence-corrected chi connectivity index (χ3v) is 6.13. The standard InChI is InChI=1S/C21H16ClF4N6/c1-20(19-29-16-10-13(21(24,25)26)14(22)11-17(16)30-19)5-2-8-31(20)18-4-3-12(9-15(18)23)32-27-6-7-28-32/h3-4,6-7,10-11H,2,5,8H2,1H3,(H,29,30)/t20-/m0/s1. The van der Waals surface area contributed by atoms with Crippen molar-refractivity contribution < 1.29 is 17.6 Å². The molecule has 5 rings (SSSR count). The first-order chi connectivity index (χ1) is 15.2. The molecule has 0 saturated carbocycles. The highest BCUT2D eigenvalue weighted by molar-refractivity contribution is 6.32. The number of aromatic amines is 1. The number of hydrogen-bond acceptors (Lipinski definition) is 4. The van der Waals surface area contributed by atoms with Crippen molar-refractivity contribution in [3.8, 4) is 5.69 Å². The molecule has 1 N–H and O–H groups in total. The van der Waals surface area contributed by atoms with E-state index in [-0.39, 0.29) is 5.52 Å². The minimum Gasteiger partial charge on any atom is -0.357 e. The monoisotopic (exact) mass is 463 g/mol. The van der Waals surface area contributed by atoms with E-state index in [4.69, 9.17) is 11.6 Å². The van der Waals surface area contributed by atoms with E-state index in [0.717, 1.165) is 12.5 Å². The Morgan fingerprint density at radius 1 is 1.19 bits per heavy atom. The number of halogens is 5. The van der Waals surface area contributed by atoms with Crippen LogP contribution in [0.4, 0.5) is 23.2 Å². The van der Waals surface area contributed by atoms with E-state index in [9.17, 15) is 13.2 Å². The summed E-state index contributed by atoms with van der Waals surface area (Å²) in [5.74, 6) is -0.135. The third kappa shape index (κ3) is 3.29. The van der Waals surface area contributed by atoms with Crippen LogP contribution in [0.5, 0.6) is 0 Å². The molecule has 1 atom stereocenters. The van der Waals surface area contributed by atoms with Gasteiger partial charge in [-0.25, -0.2) is 9.37 Å². The summed E-state index contributed by atoms with van der Waals surface area (Å²) in [6.45, 7) is 2.43. The first kappa shape index (κ1) is 20.7. The number of rotatable bonds is 3. The van der Waals surface area contributed by atoms with Crippen LogP contribution in [0.1, 0.15) is 31.2 Å². The Morgan fingerprint density at radius 3 is 2.62 bits per heavy atom.